The van der Waals surface area contributed by atoms with Crippen molar-refractivity contribution in [3.05, 3.63) is 71.5 Å². The Labute approximate surface area is 173 Å². The number of amides is 1. The summed E-state index contributed by atoms with van der Waals surface area (Å²) in [5.74, 6) is -0.140. The number of primary amides is 1. The van der Waals surface area contributed by atoms with Gasteiger partial charge >= 0.3 is 6.18 Å². The summed E-state index contributed by atoms with van der Waals surface area (Å²) >= 11 is 10.0. The third-order valence-electron chi connectivity index (χ3n) is 3.76. The zero-order valence-electron chi connectivity index (χ0n) is 14.5. The summed E-state index contributed by atoms with van der Waals surface area (Å²) in [5.41, 5.74) is 5.77. The summed E-state index contributed by atoms with van der Waals surface area (Å²) in [6, 6.07) is 9.65. The van der Waals surface area contributed by atoms with Crippen LogP contribution in [0.15, 0.2) is 60.9 Å². The van der Waals surface area contributed by atoms with E-state index in [0.29, 0.717) is 5.75 Å². The first kappa shape index (κ1) is 20.8. The number of halogens is 4. The molecule has 5 nitrogen and oxygen atoms in total. The number of thiol groups is 1. The zero-order chi connectivity index (χ0) is 21.2. The Kier molecular flexibility index (Phi) is 5.90. The Morgan fingerprint density at radius 1 is 1.17 bits per heavy atom. The summed E-state index contributed by atoms with van der Waals surface area (Å²) in [6.07, 6.45) is -0.115. The van der Waals surface area contributed by atoms with Gasteiger partial charge in [-0.05, 0) is 35.9 Å². The number of rotatable bonds is 5. The minimum atomic E-state index is -4.48. The molecule has 0 saturated heterocycles. The standard InChI is InChI=1S/C19H13ClF3N3O2S/c20-15-7-13(19(21,22)23)3-6-16(15)28-14-4-1-11(2-5-14)12-9-25-26(10-12)18(29)8-17(24)27/h1-10,29H,(H2,24,27)/b18-8-. The smallest absolute Gasteiger partial charge is 0.416 e. The Morgan fingerprint density at radius 2 is 1.86 bits per heavy atom. The monoisotopic (exact) mass is 439 g/mol. The van der Waals surface area contributed by atoms with Gasteiger partial charge in [-0.2, -0.15) is 18.3 Å². The van der Waals surface area contributed by atoms with E-state index in [4.69, 9.17) is 22.1 Å². The highest BCUT2D eigenvalue weighted by atomic mass is 35.5. The molecule has 0 fully saturated rings. The molecule has 0 aliphatic heterocycles. The van der Waals surface area contributed by atoms with E-state index in [1.54, 1.807) is 36.7 Å². The number of alkyl halides is 3. The van der Waals surface area contributed by atoms with Crippen LogP contribution in [0.3, 0.4) is 0 Å². The quantitative estimate of drug-likeness (QED) is 0.422. The third-order valence-corrected chi connectivity index (χ3v) is 4.39. The van der Waals surface area contributed by atoms with E-state index < -0.39 is 17.6 Å². The van der Waals surface area contributed by atoms with Crippen molar-refractivity contribution in [2.24, 2.45) is 5.73 Å². The van der Waals surface area contributed by atoms with Crippen molar-refractivity contribution in [1.82, 2.24) is 9.78 Å². The molecule has 10 heteroatoms. The van der Waals surface area contributed by atoms with Crippen LogP contribution in [0.25, 0.3) is 16.2 Å². The molecule has 0 unspecified atom stereocenters. The van der Waals surface area contributed by atoms with Gasteiger partial charge < -0.3 is 10.5 Å². The molecule has 150 valence electrons. The average molecular weight is 440 g/mol. The number of aromatic nitrogens is 2. The molecule has 3 aromatic rings. The van der Waals surface area contributed by atoms with Crippen molar-refractivity contribution in [3.63, 3.8) is 0 Å². The number of nitrogens with two attached hydrogens (primary N) is 1. The van der Waals surface area contributed by atoms with Gasteiger partial charge in [0.25, 0.3) is 0 Å². The van der Waals surface area contributed by atoms with Crippen LogP contribution in [0.1, 0.15) is 5.56 Å². The van der Waals surface area contributed by atoms with Gasteiger partial charge in [-0.15, -0.1) is 12.6 Å². The molecule has 0 bridgehead atoms. The van der Waals surface area contributed by atoms with Crippen LogP contribution in [0.4, 0.5) is 13.2 Å². The van der Waals surface area contributed by atoms with Crippen LogP contribution in [0.2, 0.25) is 5.02 Å². The second-order valence-electron chi connectivity index (χ2n) is 5.85. The van der Waals surface area contributed by atoms with Crippen molar-refractivity contribution in [3.8, 4) is 22.6 Å². The predicted molar refractivity (Wildman–Crippen MR) is 107 cm³/mol. The normalized spacial score (nSPS) is 12.1. The highest BCUT2D eigenvalue weighted by molar-refractivity contribution is 7.90. The molecular weight excluding hydrogens is 427 g/mol. The molecule has 0 aliphatic rings. The number of carbonyl (C=O) groups excluding carboxylic acids is 1. The van der Waals surface area contributed by atoms with Gasteiger partial charge in [0.05, 0.1) is 21.8 Å². The summed E-state index contributed by atoms with van der Waals surface area (Å²) in [4.78, 5) is 10.9. The van der Waals surface area contributed by atoms with E-state index in [0.717, 1.165) is 29.3 Å². The largest absolute Gasteiger partial charge is 0.456 e. The Bertz CT molecular complexity index is 1080. The number of carbonyl (C=O) groups is 1. The van der Waals surface area contributed by atoms with Gasteiger partial charge in [-0.25, -0.2) is 4.68 Å². The van der Waals surface area contributed by atoms with E-state index in [9.17, 15) is 18.0 Å². The van der Waals surface area contributed by atoms with Gasteiger partial charge in [-0.1, -0.05) is 23.7 Å². The van der Waals surface area contributed by atoms with Crippen molar-refractivity contribution < 1.29 is 22.7 Å². The van der Waals surface area contributed by atoms with E-state index in [-0.39, 0.29) is 15.8 Å². The van der Waals surface area contributed by atoms with Gasteiger partial charge in [-0.3, -0.25) is 4.79 Å². The predicted octanol–water partition coefficient (Wildman–Crippen LogP) is 5.23. The van der Waals surface area contributed by atoms with Crippen molar-refractivity contribution in [2.75, 3.05) is 0 Å². The first-order valence-corrected chi connectivity index (χ1v) is 8.86. The van der Waals surface area contributed by atoms with Crippen molar-refractivity contribution >= 4 is 35.2 Å². The number of nitrogens with zero attached hydrogens (tertiary/aromatic N) is 2. The second kappa shape index (κ2) is 8.22. The van der Waals surface area contributed by atoms with E-state index >= 15 is 0 Å². The first-order valence-electron chi connectivity index (χ1n) is 8.03. The molecule has 3 rings (SSSR count). The van der Waals surface area contributed by atoms with Crippen LogP contribution in [-0.2, 0) is 11.0 Å². The molecule has 1 amide bonds. The highest BCUT2D eigenvalue weighted by Crippen LogP contribution is 2.36. The van der Waals surface area contributed by atoms with Gasteiger partial charge in [0.1, 0.15) is 11.5 Å². The first-order chi connectivity index (χ1) is 13.6. The van der Waals surface area contributed by atoms with E-state index in [2.05, 4.69) is 17.7 Å². The molecule has 2 aromatic carbocycles. The lowest BCUT2D eigenvalue weighted by molar-refractivity contribution is -0.137. The van der Waals surface area contributed by atoms with Crippen LogP contribution >= 0.6 is 24.2 Å². The topological polar surface area (TPSA) is 70.1 Å². The van der Waals surface area contributed by atoms with Crippen LogP contribution in [0.5, 0.6) is 11.5 Å². The minimum absolute atomic E-state index is 0.108. The maximum absolute atomic E-state index is 12.7. The summed E-state index contributed by atoms with van der Waals surface area (Å²) in [7, 11) is 0. The molecule has 0 aliphatic carbocycles. The lowest BCUT2D eigenvalue weighted by atomic mass is 10.1. The third kappa shape index (κ3) is 5.12. The van der Waals surface area contributed by atoms with Crippen LogP contribution in [0, 0.1) is 0 Å². The molecule has 0 spiro atoms. The van der Waals surface area contributed by atoms with Gasteiger partial charge in [0, 0.05) is 17.8 Å². The number of hydrogen-bond donors (Lipinski definition) is 2. The molecule has 1 heterocycles. The van der Waals surface area contributed by atoms with Crippen LogP contribution in [-0.4, -0.2) is 15.7 Å². The fraction of sp³-hybridized carbons (Fsp3) is 0.0526. The lowest BCUT2D eigenvalue weighted by Gasteiger charge is -2.11. The maximum Gasteiger partial charge on any atom is 0.416 e. The molecule has 0 saturated carbocycles. The fourth-order valence-electron chi connectivity index (χ4n) is 2.39. The Balaban J connectivity index is 1.76. The molecular formula is C19H13ClF3N3O2S. The number of hydrogen-bond acceptors (Lipinski definition) is 4. The zero-order valence-corrected chi connectivity index (χ0v) is 16.2. The SMILES string of the molecule is NC(=O)/C=C(\S)n1cc(-c2ccc(Oc3ccc(C(F)(F)F)cc3Cl)cc2)cn1. The van der Waals surface area contributed by atoms with Gasteiger partial charge in [0.15, 0.2) is 0 Å². The minimum Gasteiger partial charge on any atom is -0.456 e. The average Bonchev–Trinajstić information content (AvgIpc) is 3.13. The summed E-state index contributed by atoms with van der Waals surface area (Å²) in [5, 5.41) is 4.22. The molecule has 2 N–H and O–H groups in total. The molecule has 0 radical (unpaired) electrons. The molecule has 29 heavy (non-hydrogen) atoms. The second-order valence-corrected chi connectivity index (χ2v) is 6.71. The maximum atomic E-state index is 12.7. The molecule has 0 atom stereocenters. The fourth-order valence-corrected chi connectivity index (χ4v) is 2.85. The van der Waals surface area contributed by atoms with Crippen molar-refractivity contribution in [1.29, 1.82) is 0 Å². The van der Waals surface area contributed by atoms with E-state index in [1.165, 1.54) is 10.7 Å². The van der Waals surface area contributed by atoms with Crippen molar-refractivity contribution in [2.45, 2.75) is 6.18 Å². The van der Waals surface area contributed by atoms with Gasteiger partial charge in [0.2, 0.25) is 5.91 Å². The summed E-state index contributed by atoms with van der Waals surface area (Å²) in [6.45, 7) is 0. The molecule has 1 aromatic heterocycles. The number of benzene rings is 2. The Hall–Kier alpha value is -2.91. The Morgan fingerprint density at radius 3 is 2.45 bits per heavy atom. The number of ether oxygens (including phenoxy) is 1. The lowest BCUT2D eigenvalue weighted by Crippen LogP contribution is -2.07. The highest BCUT2D eigenvalue weighted by Gasteiger charge is 2.31. The van der Waals surface area contributed by atoms with E-state index in [1.807, 2.05) is 0 Å². The van der Waals surface area contributed by atoms with Crippen LogP contribution < -0.4 is 10.5 Å². The summed E-state index contributed by atoms with van der Waals surface area (Å²) < 4.78 is 45.1.